The highest BCUT2D eigenvalue weighted by Crippen LogP contribution is 2.11. The number of aromatic nitrogens is 2. The Balaban J connectivity index is 2.53. The van der Waals surface area contributed by atoms with E-state index < -0.39 is 0 Å². The maximum Gasteiger partial charge on any atom is 0.224 e. The molecule has 5 nitrogen and oxygen atoms in total. The molecule has 0 amide bonds. The molecule has 1 aromatic heterocycles. The molecular weight excluding hydrogens is 216 g/mol. The number of nitrogens with one attached hydrogen (secondary N) is 2. The lowest BCUT2D eigenvalue weighted by Gasteiger charge is -2.25. The van der Waals surface area contributed by atoms with E-state index in [4.69, 9.17) is 4.74 Å². The van der Waals surface area contributed by atoms with Crippen molar-refractivity contribution >= 4 is 11.8 Å². The first-order valence-corrected chi connectivity index (χ1v) is 6.02. The highest BCUT2D eigenvalue weighted by molar-refractivity contribution is 5.39. The van der Waals surface area contributed by atoms with Gasteiger partial charge in [-0.05, 0) is 33.8 Å². The quantitative estimate of drug-likeness (QED) is 0.762. The molecule has 2 N–H and O–H groups in total. The number of anilines is 2. The molecule has 17 heavy (non-hydrogen) atoms. The first kappa shape index (κ1) is 13.7. The summed E-state index contributed by atoms with van der Waals surface area (Å²) in [4.78, 5) is 8.45. The second-order valence-corrected chi connectivity index (χ2v) is 4.34. The fourth-order valence-electron chi connectivity index (χ4n) is 1.45. The van der Waals surface area contributed by atoms with Gasteiger partial charge in [-0.3, -0.25) is 0 Å². The molecule has 96 valence electrons. The van der Waals surface area contributed by atoms with Crippen molar-refractivity contribution in [2.24, 2.45) is 0 Å². The molecule has 1 aromatic rings. The molecule has 0 aliphatic rings. The van der Waals surface area contributed by atoms with E-state index in [-0.39, 0.29) is 5.60 Å². The molecule has 0 spiro atoms. The lowest BCUT2D eigenvalue weighted by molar-refractivity contribution is 0.000642. The minimum Gasteiger partial charge on any atom is -0.374 e. The van der Waals surface area contributed by atoms with E-state index in [1.807, 2.05) is 19.9 Å². The summed E-state index contributed by atoms with van der Waals surface area (Å²) in [5.74, 6) is 1.45. The van der Waals surface area contributed by atoms with E-state index >= 15 is 0 Å². The summed E-state index contributed by atoms with van der Waals surface area (Å²) < 4.78 is 5.61. The molecule has 0 aromatic carbocycles. The first-order valence-electron chi connectivity index (χ1n) is 6.02. The van der Waals surface area contributed by atoms with E-state index in [1.165, 1.54) is 0 Å². The van der Waals surface area contributed by atoms with Crippen LogP contribution in [-0.4, -0.2) is 35.3 Å². The van der Waals surface area contributed by atoms with Gasteiger partial charge in [-0.2, -0.15) is 4.98 Å². The zero-order valence-electron chi connectivity index (χ0n) is 11.1. The number of hydrogen-bond acceptors (Lipinski definition) is 5. The monoisotopic (exact) mass is 238 g/mol. The van der Waals surface area contributed by atoms with Crippen LogP contribution in [0.5, 0.6) is 0 Å². The molecule has 0 atom stereocenters. The third kappa shape index (κ3) is 4.99. The Bertz CT molecular complexity index is 341. The van der Waals surface area contributed by atoms with Gasteiger partial charge in [-0.1, -0.05) is 0 Å². The van der Waals surface area contributed by atoms with Gasteiger partial charge in [-0.25, -0.2) is 4.98 Å². The Morgan fingerprint density at radius 3 is 2.71 bits per heavy atom. The summed E-state index contributed by atoms with van der Waals surface area (Å²) in [6.45, 7) is 10.3. The van der Waals surface area contributed by atoms with E-state index in [0.29, 0.717) is 19.1 Å². The molecule has 1 rings (SSSR count). The highest BCUT2D eigenvalue weighted by atomic mass is 16.5. The van der Waals surface area contributed by atoms with E-state index in [9.17, 15) is 0 Å². The van der Waals surface area contributed by atoms with Crippen LogP contribution in [0.3, 0.4) is 0 Å². The molecule has 0 aliphatic heterocycles. The summed E-state index contributed by atoms with van der Waals surface area (Å²) >= 11 is 0. The Labute approximate surface area is 103 Å². The fourth-order valence-corrected chi connectivity index (χ4v) is 1.45. The maximum atomic E-state index is 5.61. The fraction of sp³-hybridized carbons (Fsp3) is 0.667. The number of nitrogens with zero attached hydrogens (tertiary/aromatic N) is 2. The second kappa shape index (κ2) is 6.39. The van der Waals surface area contributed by atoms with Gasteiger partial charge in [0, 0.05) is 25.9 Å². The summed E-state index contributed by atoms with van der Waals surface area (Å²) in [5.41, 5.74) is -0.196. The van der Waals surface area contributed by atoms with Gasteiger partial charge in [0.25, 0.3) is 0 Å². The van der Waals surface area contributed by atoms with Crippen LogP contribution in [0.25, 0.3) is 0 Å². The second-order valence-electron chi connectivity index (χ2n) is 4.34. The van der Waals surface area contributed by atoms with Crippen molar-refractivity contribution < 1.29 is 4.74 Å². The van der Waals surface area contributed by atoms with Crippen molar-refractivity contribution in [3.05, 3.63) is 12.3 Å². The summed E-state index contributed by atoms with van der Waals surface area (Å²) in [5, 5.41) is 6.33. The van der Waals surface area contributed by atoms with Crippen molar-refractivity contribution in [3.8, 4) is 0 Å². The number of ether oxygens (including phenoxy) is 1. The van der Waals surface area contributed by atoms with Gasteiger partial charge in [0.2, 0.25) is 5.95 Å². The Hall–Kier alpha value is -1.36. The molecule has 0 radical (unpaired) electrons. The molecule has 5 heteroatoms. The Kier molecular flexibility index (Phi) is 5.15. The van der Waals surface area contributed by atoms with E-state index in [2.05, 4.69) is 34.4 Å². The van der Waals surface area contributed by atoms with Gasteiger partial charge in [0.05, 0.1) is 5.60 Å². The molecule has 1 heterocycles. The average Bonchev–Trinajstić information content (AvgIpc) is 2.28. The molecule has 0 aliphatic carbocycles. The van der Waals surface area contributed by atoms with Crippen LogP contribution in [0.4, 0.5) is 11.8 Å². The first-order chi connectivity index (χ1) is 8.07. The SMILES string of the molecule is CCNc1nccc(NCC(C)(C)OCC)n1. The predicted octanol–water partition coefficient (Wildman–Crippen LogP) is 2.14. The van der Waals surface area contributed by atoms with E-state index in [1.54, 1.807) is 6.20 Å². The van der Waals surface area contributed by atoms with Gasteiger partial charge < -0.3 is 15.4 Å². The lowest BCUT2D eigenvalue weighted by atomic mass is 10.1. The van der Waals surface area contributed by atoms with Crippen LogP contribution < -0.4 is 10.6 Å². The normalized spacial score (nSPS) is 11.3. The third-order valence-corrected chi connectivity index (χ3v) is 2.22. The topological polar surface area (TPSA) is 59.1 Å². The van der Waals surface area contributed by atoms with Crippen LogP contribution in [0, 0.1) is 0 Å². The minimum absolute atomic E-state index is 0.196. The van der Waals surface area contributed by atoms with Crippen LogP contribution in [-0.2, 0) is 4.74 Å². The average molecular weight is 238 g/mol. The van der Waals surface area contributed by atoms with Crippen molar-refractivity contribution in [2.75, 3.05) is 30.3 Å². The van der Waals surface area contributed by atoms with Crippen LogP contribution in [0.15, 0.2) is 12.3 Å². The molecule has 0 saturated heterocycles. The van der Waals surface area contributed by atoms with Crippen LogP contribution >= 0.6 is 0 Å². The molecule has 0 bridgehead atoms. The maximum absolute atomic E-state index is 5.61. The zero-order chi connectivity index (χ0) is 12.7. The molecule has 0 unspecified atom stereocenters. The minimum atomic E-state index is -0.196. The molecular formula is C12H22N4O. The zero-order valence-corrected chi connectivity index (χ0v) is 11.1. The molecule has 0 fully saturated rings. The van der Waals surface area contributed by atoms with Gasteiger partial charge in [0.15, 0.2) is 0 Å². The summed E-state index contributed by atoms with van der Waals surface area (Å²) in [6.07, 6.45) is 1.74. The standard InChI is InChI=1S/C12H22N4O/c1-5-13-11-14-8-7-10(16-11)15-9-12(3,4)17-6-2/h7-8H,5-6,9H2,1-4H3,(H2,13,14,15,16). The van der Waals surface area contributed by atoms with Crippen molar-refractivity contribution in [3.63, 3.8) is 0 Å². The van der Waals surface area contributed by atoms with Gasteiger partial charge in [-0.15, -0.1) is 0 Å². The Morgan fingerprint density at radius 1 is 1.29 bits per heavy atom. The van der Waals surface area contributed by atoms with Crippen molar-refractivity contribution in [2.45, 2.75) is 33.3 Å². The predicted molar refractivity (Wildman–Crippen MR) is 70.4 cm³/mol. The smallest absolute Gasteiger partial charge is 0.224 e. The van der Waals surface area contributed by atoms with Gasteiger partial charge >= 0.3 is 0 Å². The van der Waals surface area contributed by atoms with Crippen molar-refractivity contribution in [1.82, 2.24) is 9.97 Å². The van der Waals surface area contributed by atoms with Crippen LogP contribution in [0.2, 0.25) is 0 Å². The largest absolute Gasteiger partial charge is 0.374 e. The van der Waals surface area contributed by atoms with Crippen molar-refractivity contribution in [1.29, 1.82) is 0 Å². The van der Waals surface area contributed by atoms with E-state index in [0.717, 1.165) is 12.4 Å². The Morgan fingerprint density at radius 2 is 2.06 bits per heavy atom. The number of hydrogen-bond donors (Lipinski definition) is 2. The summed E-state index contributed by atoms with van der Waals surface area (Å²) in [6, 6.07) is 1.85. The molecule has 0 saturated carbocycles. The highest BCUT2D eigenvalue weighted by Gasteiger charge is 2.17. The van der Waals surface area contributed by atoms with Gasteiger partial charge in [0.1, 0.15) is 5.82 Å². The summed E-state index contributed by atoms with van der Waals surface area (Å²) in [7, 11) is 0. The lowest BCUT2D eigenvalue weighted by Crippen LogP contribution is -2.33. The number of rotatable bonds is 7. The third-order valence-electron chi connectivity index (χ3n) is 2.22. The van der Waals surface area contributed by atoms with Crippen LogP contribution in [0.1, 0.15) is 27.7 Å².